The fourth-order valence-electron chi connectivity index (χ4n) is 3.64. The minimum Gasteiger partial charge on any atom is -0.479 e. The van der Waals surface area contributed by atoms with E-state index in [1.165, 1.54) is 11.1 Å². The van der Waals surface area contributed by atoms with Gasteiger partial charge in [0.25, 0.3) is 5.91 Å². The molecule has 1 aliphatic rings. The molecule has 1 aliphatic heterocycles. The quantitative estimate of drug-likeness (QED) is 0.642. The molecule has 5 heteroatoms. The second kappa shape index (κ2) is 8.40. The number of hydrogen-bond acceptors (Lipinski definition) is 4. The average Bonchev–Trinajstić information content (AvgIpc) is 3.14. The number of aromatic nitrogens is 1. The van der Waals surface area contributed by atoms with Gasteiger partial charge in [0.05, 0.1) is 0 Å². The third-order valence-corrected chi connectivity index (χ3v) is 5.13. The lowest BCUT2D eigenvalue weighted by Crippen LogP contribution is -2.37. The molecule has 0 spiro atoms. The van der Waals surface area contributed by atoms with Gasteiger partial charge in [-0.1, -0.05) is 42.5 Å². The number of hydrogen-bond donors (Lipinski definition) is 1. The Bertz CT molecular complexity index is 942. The third-order valence-electron chi connectivity index (χ3n) is 5.13. The smallest absolute Gasteiger partial charge is 0.260 e. The highest BCUT2D eigenvalue weighted by molar-refractivity contribution is 5.85. The maximum Gasteiger partial charge on any atom is 0.260 e. The third kappa shape index (κ3) is 4.15. The molecule has 2 aromatic carbocycles. The molecular formula is C23H25N3O2. The fraction of sp³-hybridized carbons (Fsp3) is 0.304. The van der Waals surface area contributed by atoms with E-state index in [-0.39, 0.29) is 5.91 Å². The van der Waals surface area contributed by atoms with Gasteiger partial charge in [-0.3, -0.25) is 14.7 Å². The SMILES string of the molecule is C[C@H](Oc1cccc2cccnc12)C(=O)NCCCN1Cc2ccccc2C1. The number of fused-ring (bicyclic) bond motifs is 2. The number of amides is 1. The molecule has 0 fully saturated rings. The van der Waals surface area contributed by atoms with Gasteiger partial charge in [0.15, 0.2) is 6.10 Å². The molecule has 0 saturated carbocycles. The summed E-state index contributed by atoms with van der Waals surface area (Å²) in [6.45, 7) is 5.38. The molecule has 1 atom stereocenters. The van der Waals surface area contributed by atoms with Crippen LogP contribution in [-0.2, 0) is 17.9 Å². The van der Waals surface area contributed by atoms with Crippen molar-refractivity contribution in [3.63, 3.8) is 0 Å². The molecule has 1 amide bonds. The van der Waals surface area contributed by atoms with Gasteiger partial charge in [0.1, 0.15) is 11.3 Å². The van der Waals surface area contributed by atoms with Gasteiger partial charge in [0.2, 0.25) is 0 Å². The fourth-order valence-corrected chi connectivity index (χ4v) is 3.64. The summed E-state index contributed by atoms with van der Waals surface area (Å²) in [7, 11) is 0. The summed E-state index contributed by atoms with van der Waals surface area (Å²) in [6, 6.07) is 18.2. The lowest BCUT2D eigenvalue weighted by Gasteiger charge is -2.17. The highest BCUT2D eigenvalue weighted by Gasteiger charge is 2.18. The summed E-state index contributed by atoms with van der Waals surface area (Å²) in [4.78, 5) is 19.2. The first-order valence-corrected chi connectivity index (χ1v) is 9.78. The molecule has 28 heavy (non-hydrogen) atoms. The van der Waals surface area contributed by atoms with E-state index in [2.05, 4.69) is 39.5 Å². The molecule has 4 rings (SSSR count). The Balaban J connectivity index is 1.23. The van der Waals surface area contributed by atoms with Crippen LogP contribution in [-0.4, -0.2) is 35.0 Å². The molecule has 1 N–H and O–H groups in total. The largest absolute Gasteiger partial charge is 0.479 e. The van der Waals surface area contributed by atoms with Crippen LogP contribution in [0.15, 0.2) is 60.8 Å². The minimum atomic E-state index is -0.566. The molecule has 3 aromatic rings. The molecule has 0 radical (unpaired) electrons. The molecule has 5 nitrogen and oxygen atoms in total. The van der Waals surface area contributed by atoms with Crippen LogP contribution in [0.4, 0.5) is 0 Å². The Morgan fingerprint density at radius 3 is 2.64 bits per heavy atom. The zero-order valence-electron chi connectivity index (χ0n) is 16.1. The number of carbonyl (C=O) groups excluding carboxylic acids is 1. The number of ether oxygens (including phenoxy) is 1. The van der Waals surface area contributed by atoms with E-state index in [0.717, 1.165) is 37.0 Å². The average molecular weight is 375 g/mol. The number of nitrogens with zero attached hydrogens (tertiary/aromatic N) is 2. The monoisotopic (exact) mass is 375 g/mol. The van der Waals surface area contributed by atoms with E-state index in [4.69, 9.17) is 4.74 Å². The summed E-state index contributed by atoms with van der Waals surface area (Å²) >= 11 is 0. The predicted molar refractivity (Wildman–Crippen MR) is 110 cm³/mol. The molecular weight excluding hydrogens is 350 g/mol. The topological polar surface area (TPSA) is 54.5 Å². The van der Waals surface area contributed by atoms with E-state index >= 15 is 0 Å². The molecule has 0 saturated heterocycles. The molecule has 0 bridgehead atoms. The molecule has 144 valence electrons. The maximum absolute atomic E-state index is 12.4. The lowest BCUT2D eigenvalue weighted by molar-refractivity contribution is -0.127. The second-order valence-corrected chi connectivity index (χ2v) is 7.22. The van der Waals surface area contributed by atoms with Crippen molar-refractivity contribution in [1.82, 2.24) is 15.2 Å². The van der Waals surface area contributed by atoms with Crippen molar-refractivity contribution in [2.75, 3.05) is 13.1 Å². The van der Waals surface area contributed by atoms with E-state index in [0.29, 0.717) is 12.3 Å². The minimum absolute atomic E-state index is 0.0994. The Morgan fingerprint density at radius 2 is 1.86 bits per heavy atom. The van der Waals surface area contributed by atoms with Crippen molar-refractivity contribution in [3.05, 3.63) is 71.9 Å². The Morgan fingerprint density at radius 1 is 1.11 bits per heavy atom. The highest BCUT2D eigenvalue weighted by Crippen LogP contribution is 2.24. The number of pyridine rings is 1. The first kappa shape index (κ1) is 18.4. The van der Waals surface area contributed by atoms with Crippen molar-refractivity contribution in [2.45, 2.75) is 32.5 Å². The van der Waals surface area contributed by atoms with Crippen LogP contribution in [0.1, 0.15) is 24.5 Å². The highest BCUT2D eigenvalue weighted by atomic mass is 16.5. The summed E-state index contributed by atoms with van der Waals surface area (Å²) in [5.41, 5.74) is 3.60. The summed E-state index contributed by atoms with van der Waals surface area (Å²) < 4.78 is 5.88. The van der Waals surface area contributed by atoms with Gasteiger partial charge in [-0.2, -0.15) is 0 Å². The lowest BCUT2D eigenvalue weighted by atomic mass is 10.1. The zero-order chi connectivity index (χ0) is 19.3. The first-order chi connectivity index (χ1) is 13.7. The van der Waals surface area contributed by atoms with E-state index < -0.39 is 6.10 Å². The van der Waals surface area contributed by atoms with Gasteiger partial charge >= 0.3 is 0 Å². The van der Waals surface area contributed by atoms with Gasteiger partial charge in [0, 0.05) is 37.8 Å². The van der Waals surface area contributed by atoms with Crippen LogP contribution in [0.2, 0.25) is 0 Å². The zero-order valence-corrected chi connectivity index (χ0v) is 16.1. The Hall–Kier alpha value is -2.92. The Labute approximate surface area is 165 Å². The molecule has 1 aromatic heterocycles. The molecule has 2 heterocycles. The van der Waals surface area contributed by atoms with Crippen LogP contribution in [0.5, 0.6) is 5.75 Å². The standard InChI is InChI=1S/C23H25N3O2/c1-17(28-21-11-4-9-18-10-5-12-24-22(18)21)23(27)25-13-6-14-26-15-19-7-2-3-8-20(19)16-26/h2-5,7-12,17H,6,13-16H2,1H3,(H,25,27)/t17-/m0/s1. The van der Waals surface area contributed by atoms with E-state index in [9.17, 15) is 4.79 Å². The number of carbonyl (C=O) groups is 1. The van der Waals surface area contributed by atoms with Crippen molar-refractivity contribution in [1.29, 1.82) is 0 Å². The van der Waals surface area contributed by atoms with Gasteiger partial charge < -0.3 is 10.1 Å². The van der Waals surface area contributed by atoms with Crippen LogP contribution >= 0.6 is 0 Å². The normalized spacial score (nSPS) is 14.6. The van der Waals surface area contributed by atoms with Gasteiger partial charge in [-0.25, -0.2) is 0 Å². The van der Waals surface area contributed by atoms with Crippen LogP contribution in [0.25, 0.3) is 10.9 Å². The van der Waals surface area contributed by atoms with Crippen LogP contribution in [0, 0.1) is 0 Å². The van der Waals surface area contributed by atoms with Crippen molar-refractivity contribution < 1.29 is 9.53 Å². The molecule has 0 aliphatic carbocycles. The van der Waals surface area contributed by atoms with Crippen molar-refractivity contribution in [3.8, 4) is 5.75 Å². The van der Waals surface area contributed by atoms with Crippen molar-refractivity contribution in [2.24, 2.45) is 0 Å². The summed E-state index contributed by atoms with van der Waals surface area (Å²) in [5, 5.41) is 3.98. The predicted octanol–water partition coefficient (Wildman–Crippen LogP) is 3.52. The number of benzene rings is 2. The van der Waals surface area contributed by atoms with Crippen LogP contribution in [0.3, 0.4) is 0 Å². The summed E-state index contributed by atoms with van der Waals surface area (Å²) in [5.74, 6) is 0.535. The number of rotatable bonds is 7. The van der Waals surface area contributed by atoms with E-state index in [1.807, 2.05) is 30.3 Å². The van der Waals surface area contributed by atoms with Crippen molar-refractivity contribution >= 4 is 16.8 Å². The maximum atomic E-state index is 12.4. The second-order valence-electron chi connectivity index (χ2n) is 7.22. The number of nitrogens with one attached hydrogen (secondary N) is 1. The van der Waals surface area contributed by atoms with E-state index in [1.54, 1.807) is 13.1 Å². The number of para-hydroxylation sites is 1. The first-order valence-electron chi connectivity index (χ1n) is 9.78. The Kier molecular flexibility index (Phi) is 5.53. The molecule has 0 unspecified atom stereocenters. The van der Waals surface area contributed by atoms with Gasteiger partial charge in [-0.15, -0.1) is 0 Å². The van der Waals surface area contributed by atoms with Gasteiger partial charge in [-0.05, 0) is 36.6 Å². The van der Waals surface area contributed by atoms with Crippen LogP contribution < -0.4 is 10.1 Å². The summed E-state index contributed by atoms with van der Waals surface area (Å²) in [6.07, 6.45) is 2.09.